The molecule has 0 aliphatic carbocycles. The van der Waals surface area contributed by atoms with E-state index in [-0.39, 0.29) is 18.1 Å². The average molecular weight is 543 g/mol. The normalized spacial score (nSPS) is 11.2. The molecule has 5 aromatic rings. The van der Waals surface area contributed by atoms with Gasteiger partial charge in [-0.3, -0.25) is 4.79 Å². The molecule has 0 amide bonds. The quantitative estimate of drug-likeness (QED) is 0.200. The Hall–Kier alpha value is -5.22. The third kappa shape index (κ3) is 5.73. The standard InChI is InChI=1S/C34H30N4O3/c1-22(2)29-18-30(23(3)17-32(29)40-4)33-37-31-12-8-7-11-28(31)34(39)38(33)36-20-24-13-15-27(16-14-24)41-21-26-10-6-5-9-25(26)19-35/h5-18,20,22H,21H2,1-4H3. The van der Waals surface area contributed by atoms with Crippen molar-refractivity contribution >= 4 is 17.1 Å². The highest BCUT2D eigenvalue weighted by molar-refractivity contribution is 5.82. The highest BCUT2D eigenvalue weighted by Gasteiger charge is 2.18. The van der Waals surface area contributed by atoms with Crippen LogP contribution in [0.3, 0.4) is 0 Å². The second-order valence-electron chi connectivity index (χ2n) is 10.0. The maximum atomic E-state index is 13.7. The maximum Gasteiger partial charge on any atom is 0.282 e. The summed E-state index contributed by atoms with van der Waals surface area (Å²) in [6.07, 6.45) is 1.64. The van der Waals surface area contributed by atoms with E-state index >= 15 is 0 Å². The molecule has 0 saturated heterocycles. The van der Waals surface area contributed by atoms with Gasteiger partial charge in [0, 0.05) is 11.1 Å². The number of hydrogen-bond acceptors (Lipinski definition) is 6. The Labute approximate surface area is 238 Å². The van der Waals surface area contributed by atoms with Crippen molar-refractivity contribution in [1.82, 2.24) is 9.66 Å². The van der Waals surface area contributed by atoms with Crippen molar-refractivity contribution in [3.05, 3.63) is 123 Å². The zero-order valence-corrected chi connectivity index (χ0v) is 23.5. The second kappa shape index (κ2) is 11.9. The monoisotopic (exact) mass is 542 g/mol. The van der Waals surface area contributed by atoms with E-state index in [1.165, 1.54) is 4.68 Å². The van der Waals surface area contributed by atoms with Gasteiger partial charge in [0.2, 0.25) is 0 Å². The van der Waals surface area contributed by atoms with Gasteiger partial charge in [-0.05, 0) is 84.1 Å². The molecule has 7 heteroatoms. The van der Waals surface area contributed by atoms with Crippen molar-refractivity contribution in [1.29, 1.82) is 5.26 Å². The third-order valence-electron chi connectivity index (χ3n) is 6.93. The van der Waals surface area contributed by atoms with E-state index < -0.39 is 0 Å². The molecule has 204 valence electrons. The Morgan fingerprint density at radius 1 is 1.02 bits per heavy atom. The fourth-order valence-corrected chi connectivity index (χ4v) is 4.66. The van der Waals surface area contributed by atoms with Crippen LogP contribution in [0.25, 0.3) is 22.3 Å². The minimum absolute atomic E-state index is 0.211. The van der Waals surface area contributed by atoms with Crippen molar-refractivity contribution < 1.29 is 9.47 Å². The molecule has 0 atom stereocenters. The number of fused-ring (bicyclic) bond motifs is 1. The van der Waals surface area contributed by atoms with E-state index in [1.807, 2.05) is 79.7 Å². The van der Waals surface area contributed by atoms with Crippen LogP contribution in [0, 0.1) is 18.3 Å². The SMILES string of the molecule is COc1cc(C)c(-c2nc3ccccc3c(=O)n2N=Cc2ccc(OCc3ccccc3C#N)cc2)cc1C(C)C. The van der Waals surface area contributed by atoms with Gasteiger partial charge in [-0.1, -0.05) is 44.2 Å². The summed E-state index contributed by atoms with van der Waals surface area (Å²) in [7, 11) is 1.66. The fourth-order valence-electron chi connectivity index (χ4n) is 4.66. The van der Waals surface area contributed by atoms with Crippen molar-refractivity contribution in [2.75, 3.05) is 7.11 Å². The molecule has 0 N–H and O–H groups in total. The van der Waals surface area contributed by atoms with Crippen LogP contribution in [0.15, 0.2) is 94.8 Å². The fraction of sp³-hybridized carbons (Fsp3) is 0.176. The zero-order valence-electron chi connectivity index (χ0n) is 23.5. The first-order chi connectivity index (χ1) is 19.9. The van der Waals surface area contributed by atoms with Crippen molar-refractivity contribution in [3.8, 4) is 29.0 Å². The highest BCUT2D eigenvalue weighted by Crippen LogP contribution is 2.34. The number of rotatable bonds is 8. The summed E-state index contributed by atoms with van der Waals surface area (Å²) in [5.74, 6) is 2.14. The van der Waals surface area contributed by atoms with Crippen LogP contribution >= 0.6 is 0 Å². The largest absolute Gasteiger partial charge is 0.496 e. The number of para-hydroxylation sites is 1. The summed E-state index contributed by atoms with van der Waals surface area (Å²) in [4.78, 5) is 18.5. The molecule has 0 aliphatic heterocycles. The van der Waals surface area contributed by atoms with Crippen molar-refractivity contribution in [3.63, 3.8) is 0 Å². The average Bonchev–Trinajstić information content (AvgIpc) is 3.00. The summed E-state index contributed by atoms with van der Waals surface area (Å²) in [6.45, 7) is 6.47. The lowest BCUT2D eigenvalue weighted by molar-refractivity contribution is 0.306. The Morgan fingerprint density at radius 2 is 1.76 bits per heavy atom. The highest BCUT2D eigenvalue weighted by atomic mass is 16.5. The second-order valence-corrected chi connectivity index (χ2v) is 10.0. The summed E-state index contributed by atoms with van der Waals surface area (Å²) in [5.41, 5.74) is 5.33. The van der Waals surface area contributed by atoms with Crippen LogP contribution in [0.5, 0.6) is 11.5 Å². The molecule has 4 aromatic carbocycles. The lowest BCUT2D eigenvalue weighted by Gasteiger charge is -2.17. The van der Waals surface area contributed by atoms with E-state index in [0.717, 1.165) is 33.6 Å². The van der Waals surface area contributed by atoms with Crippen LogP contribution in [0.1, 0.15) is 47.6 Å². The van der Waals surface area contributed by atoms with Gasteiger partial charge in [0.25, 0.3) is 5.56 Å². The van der Waals surface area contributed by atoms with Crippen LogP contribution in [-0.2, 0) is 6.61 Å². The van der Waals surface area contributed by atoms with Gasteiger partial charge in [-0.25, -0.2) is 4.98 Å². The molecular weight excluding hydrogens is 512 g/mol. The lowest BCUT2D eigenvalue weighted by atomic mass is 9.96. The molecule has 0 saturated carbocycles. The zero-order chi connectivity index (χ0) is 28.9. The lowest BCUT2D eigenvalue weighted by Crippen LogP contribution is -2.20. The minimum atomic E-state index is -0.251. The van der Waals surface area contributed by atoms with Crippen LogP contribution in [0.4, 0.5) is 0 Å². The molecule has 0 radical (unpaired) electrons. The molecule has 0 bridgehead atoms. The van der Waals surface area contributed by atoms with Gasteiger partial charge >= 0.3 is 0 Å². The first-order valence-corrected chi connectivity index (χ1v) is 13.4. The Bertz CT molecular complexity index is 1850. The molecule has 7 nitrogen and oxygen atoms in total. The van der Waals surface area contributed by atoms with Crippen molar-refractivity contribution in [2.24, 2.45) is 5.10 Å². The van der Waals surface area contributed by atoms with Crippen LogP contribution < -0.4 is 15.0 Å². The maximum absolute atomic E-state index is 13.7. The Balaban J connectivity index is 1.50. The molecule has 1 aromatic heterocycles. The molecule has 41 heavy (non-hydrogen) atoms. The summed E-state index contributed by atoms with van der Waals surface area (Å²) >= 11 is 0. The molecular formula is C34H30N4O3. The minimum Gasteiger partial charge on any atom is -0.496 e. The van der Waals surface area contributed by atoms with Crippen LogP contribution in [0.2, 0.25) is 0 Å². The van der Waals surface area contributed by atoms with E-state index in [4.69, 9.17) is 14.5 Å². The number of methoxy groups -OCH3 is 1. The predicted molar refractivity (Wildman–Crippen MR) is 162 cm³/mol. The van der Waals surface area contributed by atoms with Gasteiger partial charge < -0.3 is 9.47 Å². The molecule has 0 spiro atoms. The number of aromatic nitrogens is 2. The number of nitrogens with zero attached hydrogens (tertiary/aromatic N) is 4. The number of nitriles is 1. The predicted octanol–water partition coefficient (Wildman–Crippen LogP) is 6.84. The summed E-state index contributed by atoms with van der Waals surface area (Å²) in [5, 5.41) is 14.4. The number of ether oxygens (including phenoxy) is 2. The van der Waals surface area contributed by atoms with E-state index in [1.54, 1.807) is 25.5 Å². The third-order valence-corrected chi connectivity index (χ3v) is 6.93. The van der Waals surface area contributed by atoms with E-state index in [9.17, 15) is 10.1 Å². The molecule has 1 heterocycles. The Kier molecular flexibility index (Phi) is 7.93. The van der Waals surface area contributed by atoms with E-state index in [2.05, 4.69) is 25.0 Å². The van der Waals surface area contributed by atoms with Gasteiger partial charge in [0.05, 0.1) is 35.9 Å². The molecule has 0 unspecified atom stereocenters. The van der Waals surface area contributed by atoms with Gasteiger partial charge in [0.1, 0.15) is 18.1 Å². The number of benzene rings is 4. The molecule has 0 fully saturated rings. The van der Waals surface area contributed by atoms with Gasteiger partial charge in [0.15, 0.2) is 5.82 Å². The topological polar surface area (TPSA) is 89.5 Å². The number of aryl methyl sites for hydroxylation is 1. The molecule has 0 aliphatic rings. The van der Waals surface area contributed by atoms with Crippen LogP contribution in [-0.4, -0.2) is 23.0 Å². The van der Waals surface area contributed by atoms with E-state index in [0.29, 0.717) is 28.0 Å². The smallest absolute Gasteiger partial charge is 0.282 e. The summed E-state index contributed by atoms with van der Waals surface area (Å²) in [6, 6.07) is 28.3. The number of hydrogen-bond donors (Lipinski definition) is 0. The van der Waals surface area contributed by atoms with Crippen molar-refractivity contribution in [2.45, 2.75) is 33.3 Å². The molecule has 5 rings (SSSR count). The van der Waals surface area contributed by atoms with Gasteiger partial charge in [-0.2, -0.15) is 15.0 Å². The van der Waals surface area contributed by atoms with Gasteiger partial charge in [-0.15, -0.1) is 0 Å². The summed E-state index contributed by atoms with van der Waals surface area (Å²) < 4.78 is 12.9. The first-order valence-electron chi connectivity index (χ1n) is 13.4. The first kappa shape index (κ1) is 27.4. The Morgan fingerprint density at radius 3 is 2.49 bits per heavy atom.